The average Bonchev–Trinajstić information content (AvgIpc) is 2.39. The molecular weight excluding hydrogens is 184 g/mol. The molecule has 0 aliphatic carbocycles. The quantitative estimate of drug-likeness (QED) is 0.544. The molecule has 1 heterocycles. The van der Waals surface area contributed by atoms with E-state index in [4.69, 9.17) is 4.55 Å². The molecule has 0 saturated carbocycles. The Kier molecular flexibility index (Phi) is 4.64. The van der Waals surface area contributed by atoms with Crippen molar-refractivity contribution in [3.8, 4) is 0 Å². The molecule has 6 nitrogen and oxygen atoms in total. The van der Waals surface area contributed by atoms with Crippen LogP contribution in [0.2, 0.25) is 0 Å². The van der Waals surface area contributed by atoms with Crippen molar-refractivity contribution in [3.63, 3.8) is 0 Å². The number of hydrogen-bond acceptors (Lipinski definition) is 5. The Balaban J connectivity index is 0.000000202. The number of nitrogens with one attached hydrogen (secondary N) is 1. The van der Waals surface area contributed by atoms with Gasteiger partial charge in [0.2, 0.25) is 0 Å². The minimum Gasteiger partial charge on any atom is -0.373 e. The van der Waals surface area contributed by atoms with Crippen LogP contribution in [0.25, 0.3) is 0 Å². The summed E-state index contributed by atoms with van der Waals surface area (Å²) in [5.74, 6) is 0. The van der Waals surface area contributed by atoms with Crippen LogP contribution in [0.4, 0.5) is 0 Å². The van der Waals surface area contributed by atoms with E-state index in [0.717, 1.165) is 13.8 Å². The van der Waals surface area contributed by atoms with Crippen LogP contribution in [0.1, 0.15) is 0 Å². The van der Waals surface area contributed by atoms with E-state index >= 15 is 0 Å². The van der Waals surface area contributed by atoms with E-state index in [1.807, 2.05) is 19.4 Å². The highest BCUT2D eigenvalue weighted by Gasteiger charge is 1.94. The summed E-state index contributed by atoms with van der Waals surface area (Å²) in [6, 6.07) is 0. The Morgan fingerprint density at radius 1 is 1.67 bits per heavy atom. The lowest BCUT2D eigenvalue weighted by Gasteiger charge is -2.02. The maximum Gasteiger partial charge on any atom is 0.397 e. The van der Waals surface area contributed by atoms with Crippen LogP contribution in [0, 0.1) is 0 Å². The zero-order valence-corrected chi connectivity index (χ0v) is 7.71. The van der Waals surface area contributed by atoms with Crippen molar-refractivity contribution >= 4 is 10.4 Å². The van der Waals surface area contributed by atoms with Gasteiger partial charge in [-0.3, -0.25) is 8.74 Å². The van der Waals surface area contributed by atoms with Gasteiger partial charge in [0.1, 0.15) is 0 Å². The fraction of sp³-hybridized carbons (Fsp3) is 0.600. The van der Waals surface area contributed by atoms with Crippen LogP contribution in [0.3, 0.4) is 0 Å². The summed E-state index contributed by atoms with van der Waals surface area (Å²) in [7, 11) is -1.27. The smallest absolute Gasteiger partial charge is 0.373 e. The zero-order chi connectivity index (χ0) is 9.61. The highest BCUT2D eigenvalue weighted by Crippen LogP contribution is 1.85. The summed E-state index contributed by atoms with van der Waals surface area (Å²) in [5, 5.41) is 3.02. The predicted molar refractivity (Wildman–Crippen MR) is 43.5 cm³/mol. The topological polar surface area (TPSA) is 78.9 Å². The van der Waals surface area contributed by atoms with Crippen LogP contribution in [-0.2, 0) is 14.6 Å². The average molecular weight is 196 g/mol. The fourth-order valence-corrected chi connectivity index (χ4v) is 0.429. The van der Waals surface area contributed by atoms with E-state index in [2.05, 4.69) is 14.4 Å². The number of rotatable bonds is 1. The highest BCUT2D eigenvalue weighted by atomic mass is 32.3. The Labute approximate surface area is 71.8 Å². The Morgan fingerprint density at radius 3 is 2.25 bits per heavy atom. The molecule has 0 aromatic heterocycles. The fourth-order valence-electron chi connectivity index (χ4n) is 0.429. The van der Waals surface area contributed by atoms with Gasteiger partial charge < -0.3 is 10.2 Å². The Bertz CT molecular complexity index is 236. The largest absolute Gasteiger partial charge is 0.397 e. The van der Waals surface area contributed by atoms with Crippen LogP contribution in [0.5, 0.6) is 0 Å². The molecule has 0 bridgehead atoms. The first-order chi connectivity index (χ1) is 5.45. The molecule has 0 aromatic carbocycles. The van der Waals surface area contributed by atoms with Crippen LogP contribution in [-0.4, -0.2) is 38.7 Å². The molecule has 1 aliphatic heterocycles. The van der Waals surface area contributed by atoms with Crippen LogP contribution < -0.4 is 5.32 Å². The molecule has 0 aromatic rings. The van der Waals surface area contributed by atoms with Crippen molar-refractivity contribution in [1.82, 2.24) is 10.2 Å². The zero-order valence-electron chi connectivity index (χ0n) is 6.89. The van der Waals surface area contributed by atoms with Crippen molar-refractivity contribution in [1.29, 1.82) is 0 Å². The summed E-state index contributed by atoms with van der Waals surface area (Å²) in [6.45, 7) is 0.958. The van der Waals surface area contributed by atoms with E-state index in [1.54, 1.807) is 0 Å². The lowest BCUT2D eigenvalue weighted by molar-refractivity contribution is 0.324. The third-order valence-corrected chi connectivity index (χ3v) is 1.42. The van der Waals surface area contributed by atoms with Crippen molar-refractivity contribution in [2.24, 2.45) is 0 Å². The highest BCUT2D eigenvalue weighted by molar-refractivity contribution is 7.80. The van der Waals surface area contributed by atoms with Gasteiger partial charge in [-0.05, 0) is 0 Å². The molecule has 0 spiro atoms. The lowest BCUT2D eigenvalue weighted by atomic mass is 10.9. The second-order valence-electron chi connectivity index (χ2n) is 2.03. The normalized spacial score (nSPS) is 15.1. The van der Waals surface area contributed by atoms with Gasteiger partial charge in [0.05, 0.1) is 13.8 Å². The molecular formula is C5H12N2O4S. The third kappa shape index (κ3) is 7.32. The van der Waals surface area contributed by atoms with Gasteiger partial charge in [-0.25, -0.2) is 0 Å². The summed E-state index contributed by atoms with van der Waals surface area (Å²) in [6.07, 6.45) is 3.93. The maximum absolute atomic E-state index is 9.33. The Hall–Kier alpha value is -0.790. The van der Waals surface area contributed by atoms with Gasteiger partial charge in [0.25, 0.3) is 0 Å². The second-order valence-corrected chi connectivity index (χ2v) is 3.22. The SMILES string of the molecule is CN1C=CNC1.COS(=O)(=O)O. The molecule has 12 heavy (non-hydrogen) atoms. The molecule has 0 unspecified atom stereocenters. The second kappa shape index (κ2) is 4.96. The standard InChI is InChI=1S/C4H8N2.CH4O4S/c1-6-3-2-5-4-6;1-5-6(2,3)4/h2-3,5H,4H2,1H3;1H3,(H,2,3,4). The summed E-state index contributed by atoms with van der Waals surface area (Å²) in [4.78, 5) is 2.07. The van der Waals surface area contributed by atoms with Gasteiger partial charge in [0.15, 0.2) is 0 Å². The molecule has 0 atom stereocenters. The van der Waals surface area contributed by atoms with Crippen LogP contribution >= 0.6 is 0 Å². The maximum atomic E-state index is 9.33. The van der Waals surface area contributed by atoms with Gasteiger partial charge >= 0.3 is 10.4 Å². The van der Waals surface area contributed by atoms with Crippen molar-refractivity contribution in [2.45, 2.75) is 0 Å². The van der Waals surface area contributed by atoms with Crippen molar-refractivity contribution in [2.75, 3.05) is 20.8 Å². The van der Waals surface area contributed by atoms with Gasteiger partial charge in [-0.15, -0.1) is 0 Å². The molecule has 1 rings (SSSR count). The van der Waals surface area contributed by atoms with Crippen molar-refractivity contribution < 1.29 is 17.2 Å². The molecule has 0 saturated heterocycles. The lowest BCUT2D eigenvalue weighted by Crippen LogP contribution is -2.14. The van der Waals surface area contributed by atoms with Gasteiger partial charge in [0, 0.05) is 19.4 Å². The third-order valence-electron chi connectivity index (χ3n) is 0.998. The summed E-state index contributed by atoms with van der Waals surface area (Å²) < 4.78 is 29.7. The number of nitrogens with zero attached hydrogens (tertiary/aromatic N) is 1. The first kappa shape index (κ1) is 11.2. The molecule has 1 aliphatic rings. The van der Waals surface area contributed by atoms with Gasteiger partial charge in [-0.1, -0.05) is 0 Å². The Morgan fingerprint density at radius 2 is 2.17 bits per heavy atom. The first-order valence-electron chi connectivity index (χ1n) is 3.09. The van der Waals surface area contributed by atoms with E-state index in [0.29, 0.717) is 0 Å². The minimum absolute atomic E-state index is 0.870. The first-order valence-corrected chi connectivity index (χ1v) is 4.45. The van der Waals surface area contributed by atoms with E-state index < -0.39 is 10.4 Å². The van der Waals surface area contributed by atoms with Crippen molar-refractivity contribution in [3.05, 3.63) is 12.4 Å². The summed E-state index contributed by atoms with van der Waals surface area (Å²) >= 11 is 0. The van der Waals surface area contributed by atoms with E-state index in [1.165, 1.54) is 0 Å². The molecule has 0 radical (unpaired) electrons. The molecule has 0 amide bonds. The molecule has 7 heteroatoms. The molecule has 0 fully saturated rings. The number of hydrogen-bond donors (Lipinski definition) is 2. The summed E-state index contributed by atoms with van der Waals surface area (Å²) in [5.41, 5.74) is 0. The molecule has 2 N–H and O–H groups in total. The van der Waals surface area contributed by atoms with Crippen LogP contribution in [0.15, 0.2) is 12.4 Å². The predicted octanol–water partition coefficient (Wildman–Crippen LogP) is -0.614. The minimum atomic E-state index is -4.16. The van der Waals surface area contributed by atoms with E-state index in [-0.39, 0.29) is 0 Å². The van der Waals surface area contributed by atoms with Gasteiger partial charge in [-0.2, -0.15) is 8.42 Å². The molecule has 72 valence electrons. The van der Waals surface area contributed by atoms with E-state index in [9.17, 15) is 8.42 Å². The monoisotopic (exact) mass is 196 g/mol.